The Hall–Kier alpha value is -5.98. The van der Waals surface area contributed by atoms with E-state index in [0.717, 1.165) is 29.4 Å². The molecule has 10 atom stereocenters. The summed E-state index contributed by atoms with van der Waals surface area (Å²) in [5, 5.41) is 14.4. The van der Waals surface area contributed by atoms with Crippen LogP contribution in [0.4, 0.5) is 11.9 Å². The van der Waals surface area contributed by atoms with Crippen LogP contribution in [0.2, 0.25) is 0 Å². The van der Waals surface area contributed by atoms with Gasteiger partial charge < -0.3 is 69.7 Å². The highest BCUT2D eigenvalue weighted by atomic mass is 31.2. The van der Waals surface area contributed by atoms with Gasteiger partial charge in [0.25, 0.3) is 22.9 Å². The summed E-state index contributed by atoms with van der Waals surface area (Å²) in [7, 11) is -10.5. The first-order chi connectivity index (χ1) is 35.9. The van der Waals surface area contributed by atoms with Crippen LogP contribution in [0.15, 0.2) is 34.4 Å². The summed E-state index contributed by atoms with van der Waals surface area (Å²) >= 11 is 0. The molecule has 10 N–H and O–H groups in total. The van der Waals surface area contributed by atoms with Gasteiger partial charge in [-0.1, -0.05) is 5.06 Å². The number of phosphoric acid groups is 2. The first-order valence-corrected chi connectivity index (χ1v) is 25.6. The van der Waals surface area contributed by atoms with E-state index < -0.39 is 113 Å². The molecule has 4 aliphatic heterocycles. The van der Waals surface area contributed by atoms with Gasteiger partial charge in [-0.05, 0) is 0 Å². The number of hydroxylamine groups is 2. The highest BCUT2D eigenvalue weighted by molar-refractivity contribution is 7.47. The summed E-state index contributed by atoms with van der Waals surface area (Å²) in [5.74, 6) is -3.66. The van der Waals surface area contributed by atoms with Crippen molar-refractivity contribution in [2.75, 3.05) is 90.7 Å². The molecule has 75 heavy (non-hydrogen) atoms. The monoisotopic (exact) mass is 1100 g/mol. The maximum absolute atomic E-state index is 13.8. The second-order valence-electron chi connectivity index (χ2n) is 16.3. The predicted octanol–water partition coefficient (Wildman–Crippen LogP) is -3.68. The molecule has 0 radical (unpaired) electrons. The number of anilines is 2. The molecule has 35 nitrogen and oxygen atoms in total. The van der Waals surface area contributed by atoms with Crippen LogP contribution in [0, 0.1) is 0 Å². The number of ether oxygens (including phenoxy) is 7. The Balaban J connectivity index is 0.812. The number of nitrogens with two attached hydrogens (primary N) is 2. The number of aromatic nitrogens is 8. The van der Waals surface area contributed by atoms with Crippen molar-refractivity contribution in [1.29, 1.82) is 0 Å². The Morgan fingerprint density at radius 2 is 1.12 bits per heavy atom. The summed E-state index contributed by atoms with van der Waals surface area (Å²) in [5.41, 5.74) is 9.32. The molecule has 3 fully saturated rings. The number of nitrogens with zero attached hydrogens (tertiary/aromatic N) is 7. The number of hydrogen-bond acceptors (Lipinski definition) is 27. The molecule has 3 amide bonds. The minimum Gasteiger partial charge on any atom is -0.386 e. The maximum Gasteiger partial charge on any atom is 0.472 e. The highest BCUT2D eigenvalue weighted by Crippen LogP contribution is 2.53. The highest BCUT2D eigenvalue weighted by Gasteiger charge is 2.54. The molecule has 0 bridgehead atoms. The van der Waals surface area contributed by atoms with Gasteiger partial charge in [0.2, 0.25) is 17.8 Å². The Morgan fingerprint density at radius 1 is 0.680 bits per heavy atom. The van der Waals surface area contributed by atoms with Gasteiger partial charge in [0.15, 0.2) is 34.8 Å². The Bertz CT molecular complexity index is 2950. The van der Waals surface area contributed by atoms with Crippen LogP contribution in [-0.2, 0) is 84.4 Å². The average molecular weight is 1100 g/mol. The average Bonchev–Trinajstić information content (AvgIpc) is 4.19. The summed E-state index contributed by atoms with van der Waals surface area (Å²) < 4.78 is 90.4. The maximum atomic E-state index is 13.8. The molecule has 10 unspecified atom stereocenters. The van der Waals surface area contributed by atoms with Crippen molar-refractivity contribution in [1.82, 2.24) is 49.4 Å². The lowest BCUT2D eigenvalue weighted by atomic mass is 10.1. The van der Waals surface area contributed by atoms with E-state index in [0.29, 0.717) is 5.06 Å². The predicted molar refractivity (Wildman–Crippen MR) is 243 cm³/mol. The van der Waals surface area contributed by atoms with Crippen LogP contribution in [0.1, 0.15) is 25.3 Å². The first kappa shape index (κ1) is 55.3. The SMILES string of the molecule is Nc1nc2c(ncn2C2OC3COP(=O)(O)OC4C(COP(=O)(O)OC3C2O)OC(n2cnc3c(=O)[nH]c(N)nc32)C4NC(=O)CCOCCOCCOCCOCCOCCC(=O)ON2C(=O)C=CC2=O)c(=O)[nH]1. The number of carbonyl (C=O) groups is 4. The van der Waals surface area contributed by atoms with Gasteiger partial charge in [-0.3, -0.25) is 61.2 Å². The number of H-pyrrole nitrogens is 2. The van der Waals surface area contributed by atoms with Crippen molar-refractivity contribution in [3.05, 3.63) is 45.5 Å². The fourth-order valence-corrected chi connectivity index (χ4v) is 9.69. The third-order valence-electron chi connectivity index (χ3n) is 11.1. The molecular weight excluding hydrogens is 1050 g/mol. The number of carbonyl (C=O) groups excluding carboxylic acids is 4. The van der Waals surface area contributed by atoms with Crippen LogP contribution in [-0.4, -0.2) is 199 Å². The van der Waals surface area contributed by atoms with Crippen molar-refractivity contribution in [3.63, 3.8) is 0 Å². The Morgan fingerprint density at radius 3 is 1.64 bits per heavy atom. The fraction of sp³-hybridized carbons (Fsp3) is 0.579. The number of phosphoric ester groups is 2. The molecule has 8 heterocycles. The summed E-state index contributed by atoms with van der Waals surface area (Å²) in [6, 6.07) is -1.50. The smallest absolute Gasteiger partial charge is 0.386 e. The number of hydrogen-bond donors (Lipinski definition) is 8. The molecule has 37 heteroatoms. The van der Waals surface area contributed by atoms with E-state index in [2.05, 4.69) is 40.1 Å². The zero-order valence-electron chi connectivity index (χ0n) is 39.0. The zero-order chi connectivity index (χ0) is 53.4. The van der Waals surface area contributed by atoms with E-state index in [1.54, 1.807) is 0 Å². The molecule has 0 aromatic carbocycles. The molecule has 0 spiro atoms. The van der Waals surface area contributed by atoms with Crippen LogP contribution >= 0.6 is 15.6 Å². The number of amides is 3. The third kappa shape index (κ3) is 13.7. The molecule has 4 aromatic rings. The third-order valence-corrected chi connectivity index (χ3v) is 13.1. The summed E-state index contributed by atoms with van der Waals surface area (Å²) in [6.07, 6.45) is -7.98. The second-order valence-corrected chi connectivity index (χ2v) is 19.1. The molecule has 4 aliphatic rings. The van der Waals surface area contributed by atoms with E-state index in [9.17, 15) is 52.8 Å². The molecule has 410 valence electrons. The number of fused-ring (bicyclic) bond motifs is 4. The number of rotatable bonds is 22. The largest absolute Gasteiger partial charge is 0.472 e. The number of nitrogen functional groups attached to an aromatic ring is 2. The zero-order valence-corrected chi connectivity index (χ0v) is 40.8. The molecule has 0 aliphatic carbocycles. The Labute approximate surface area is 419 Å². The lowest BCUT2D eigenvalue weighted by molar-refractivity contribution is -0.196. The van der Waals surface area contributed by atoms with Gasteiger partial charge in [-0.2, -0.15) is 9.97 Å². The number of aromatic amines is 2. The minimum atomic E-state index is -5.28. The van der Waals surface area contributed by atoms with Crippen molar-refractivity contribution >= 4 is 73.6 Å². The van der Waals surface area contributed by atoms with Crippen LogP contribution < -0.4 is 27.9 Å². The van der Waals surface area contributed by atoms with Crippen molar-refractivity contribution < 1.29 is 99.3 Å². The number of nitrogens with one attached hydrogen (secondary N) is 3. The van der Waals surface area contributed by atoms with E-state index in [4.69, 9.17) is 62.7 Å². The molecule has 3 saturated heterocycles. The van der Waals surface area contributed by atoms with E-state index in [1.165, 1.54) is 4.57 Å². The second kappa shape index (κ2) is 24.3. The van der Waals surface area contributed by atoms with Crippen molar-refractivity contribution in [2.24, 2.45) is 0 Å². The first-order valence-electron chi connectivity index (χ1n) is 22.6. The number of aliphatic hydroxyl groups is 1. The van der Waals surface area contributed by atoms with Crippen LogP contribution in [0.5, 0.6) is 0 Å². The molecular formula is C38H50N12O23P2. The molecule has 8 rings (SSSR count). The summed E-state index contributed by atoms with van der Waals surface area (Å²) in [6.45, 7) is -0.575. The van der Waals surface area contributed by atoms with Crippen LogP contribution in [0.25, 0.3) is 22.3 Å². The minimum absolute atomic E-state index is 0.0158. The standard InChI is InChI=1S/C38H50N12O23P2/c39-37-44-31-26(33(56)46-37)41-17-48(31)35-25(43-21(51)3-5-62-7-9-64-11-13-66-14-12-65-10-8-63-6-4-24(54)71-50-22(52)1-2-23(50)53)29-19(69-35)15-67-75(60,61)73-30-20(16-68-74(58,59)72-29)70-36(28(30)55)49-18-42-27-32(49)45-38(40)47-34(27)57/h1-2,17-20,25,28-30,35-36,55H,3-16H2,(H,43,51)(H,58,59)(H,60,61)(H3,39,44,46,56)(H3,40,45,47,57). The van der Waals surface area contributed by atoms with Gasteiger partial charge in [-0.25, -0.2) is 23.9 Å². The van der Waals surface area contributed by atoms with Gasteiger partial charge >= 0.3 is 21.6 Å². The molecule has 4 aromatic heterocycles. The summed E-state index contributed by atoms with van der Waals surface area (Å²) in [4.78, 5) is 121. The van der Waals surface area contributed by atoms with Gasteiger partial charge in [0.1, 0.15) is 36.6 Å². The van der Waals surface area contributed by atoms with Gasteiger partial charge in [0.05, 0.1) is 98.4 Å². The lowest BCUT2D eigenvalue weighted by Crippen LogP contribution is -2.48. The quantitative estimate of drug-likeness (QED) is 0.0213. The fourth-order valence-electron chi connectivity index (χ4n) is 7.75. The lowest BCUT2D eigenvalue weighted by Gasteiger charge is -2.29. The van der Waals surface area contributed by atoms with Gasteiger partial charge in [0, 0.05) is 18.6 Å². The number of aliphatic hydroxyl groups excluding tert-OH is 1. The van der Waals surface area contributed by atoms with Gasteiger partial charge in [-0.15, -0.1) is 0 Å². The van der Waals surface area contributed by atoms with Crippen LogP contribution in [0.3, 0.4) is 0 Å². The normalized spacial score (nSPS) is 28.1. The number of imidazole rings is 2. The van der Waals surface area contributed by atoms with Crippen molar-refractivity contribution in [2.45, 2.75) is 61.9 Å². The van der Waals surface area contributed by atoms with E-state index >= 15 is 0 Å². The van der Waals surface area contributed by atoms with E-state index in [1.807, 2.05) is 0 Å². The Kier molecular flexibility index (Phi) is 17.9. The van der Waals surface area contributed by atoms with E-state index in [-0.39, 0.29) is 113 Å². The topological polar surface area (TPSA) is 468 Å². The van der Waals surface area contributed by atoms with Crippen molar-refractivity contribution in [3.8, 4) is 0 Å². The molecule has 0 saturated carbocycles. The number of imide groups is 1.